The van der Waals surface area contributed by atoms with E-state index < -0.39 is 11.4 Å². The molecule has 3 aromatic carbocycles. The lowest BCUT2D eigenvalue weighted by atomic mass is 9.79. The largest absolute Gasteiger partial charge is 0.497 e. The highest BCUT2D eigenvalue weighted by molar-refractivity contribution is 5.70. The van der Waals surface area contributed by atoms with Crippen molar-refractivity contribution >= 4 is 5.97 Å². The van der Waals surface area contributed by atoms with Gasteiger partial charge in [-0.1, -0.05) is 71.4 Å². The van der Waals surface area contributed by atoms with Crippen LogP contribution in [0.5, 0.6) is 11.5 Å². The van der Waals surface area contributed by atoms with Crippen LogP contribution in [0.2, 0.25) is 0 Å². The maximum absolute atomic E-state index is 14.9. The van der Waals surface area contributed by atoms with E-state index in [4.69, 9.17) is 9.47 Å². The highest BCUT2D eigenvalue weighted by Crippen LogP contribution is 2.36. The van der Waals surface area contributed by atoms with E-state index in [1.807, 2.05) is 50.2 Å². The minimum atomic E-state index is -0.831. The van der Waals surface area contributed by atoms with Crippen molar-refractivity contribution < 1.29 is 23.8 Å². The zero-order valence-electron chi connectivity index (χ0n) is 22.9. The molecule has 0 saturated heterocycles. The van der Waals surface area contributed by atoms with E-state index in [1.54, 1.807) is 19.2 Å². The molecule has 0 aliphatic carbocycles. The Morgan fingerprint density at radius 2 is 1.70 bits per heavy atom. The van der Waals surface area contributed by atoms with Crippen LogP contribution in [0.4, 0.5) is 4.39 Å². The third kappa shape index (κ3) is 7.58. The molecule has 3 rings (SSSR count). The molecule has 0 unspecified atom stereocenters. The van der Waals surface area contributed by atoms with Gasteiger partial charge in [-0.05, 0) is 70.8 Å². The number of aliphatic carboxylic acids is 1. The molecule has 3 aromatic rings. The van der Waals surface area contributed by atoms with E-state index in [0.717, 1.165) is 41.5 Å². The molecular weight excluding hydrogens is 467 g/mol. The highest BCUT2D eigenvalue weighted by Gasteiger charge is 2.25. The van der Waals surface area contributed by atoms with E-state index in [1.165, 1.54) is 6.07 Å². The number of ether oxygens (including phenoxy) is 2. The van der Waals surface area contributed by atoms with Gasteiger partial charge in [-0.3, -0.25) is 4.79 Å². The van der Waals surface area contributed by atoms with Gasteiger partial charge in [0.25, 0.3) is 0 Å². The second-order valence-corrected chi connectivity index (χ2v) is 11.2. The third-order valence-corrected chi connectivity index (χ3v) is 6.84. The lowest BCUT2D eigenvalue weighted by Gasteiger charge is -2.26. The molecule has 0 amide bonds. The van der Waals surface area contributed by atoms with Crippen LogP contribution in [0.25, 0.3) is 11.1 Å². The summed E-state index contributed by atoms with van der Waals surface area (Å²) in [4.78, 5) is 11.3. The fourth-order valence-electron chi connectivity index (χ4n) is 4.92. The second kappa shape index (κ2) is 11.8. The second-order valence-electron chi connectivity index (χ2n) is 11.2. The summed E-state index contributed by atoms with van der Waals surface area (Å²) in [5.41, 5.74) is 3.92. The molecule has 0 aliphatic heterocycles. The Bertz CT molecular complexity index is 1230. The first-order chi connectivity index (χ1) is 17.4. The van der Waals surface area contributed by atoms with Crippen LogP contribution in [0.15, 0.2) is 60.7 Å². The number of rotatable bonds is 12. The van der Waals surface area contributed by atoms with Crippen molar-refractivity contribution in [2.75, 3.05) is 7.11 Å². The monoisotopic (exact) mass is 506 g/mol. The number of carboxylic acids is 1. The first-order valence-corrected chi connectivity index (χ1v) is 12.8. The number of carboxylic acid groups (broad SMARTS) is 1. The summed E-state index contributed by atoms with van der Waals surface area (Å²) in [7, 11) is 1.58. The molecule has 0 bridgehead atoms. The summed E-state index contributed by atoms with van der Waals surface area (Å²) in [6.07, 6.45) is 2.98. The molecule has 0 spiro atoms. The molecule has 0 fully saturated rings. The number of carbonyl (C=O) groups is 1. The van der Waals surface area contributed by atoms with Gasteiger partial charge in [0.15, 0.2) is 0 Å². The van der Waals surface area contributed by atoms with Gasteiger partial charge >= 0.3 is 5.97 Å². The molecule has 37 heavy (non-hydrogen) atoms. The van der Waals surface area contributed by atoms with Crippen molar-refractivity contribution in [1.29, 1.82) is 0 Å². The fraction of sp³-hybridized carbons (Fsp3) is 0.406. The van der Waals surface area contributed by atoms with E-state index >= 15 is 0 Å². The SMILES string of the molecule is CCCC(C)(C)Cc1cc(COc2cccc(C(C)(C)CC(=O)O)c2)ccc1-c1cc(OC)ccc1F. The molecule has 5 heteroatoms. The Kier molecular flexibility index (Phi) is 9.01. The van der Waals surface area contributed by atoms with Crippen LogP contribution in [0.3, 0.4) is 0 Å². The quantitative estimate of drug-likeness (QED) is 0.269. The molecule has 198 valence electrons. The lowest BCUT2D eigenvalue weighted by molar-refractivity contribution is -0.138. The molecule has 1 N–H and O–H groups in total. The number of hydrogen-bond donors (Lipinski definition) is 1. The minimum absolute atomic E-state index is 0.0374. The maximum Gasteiger partial charge on any atom is 0.304 e. The maximum atomic E-state index is 14.9. The minimum Gasteiger partial charge on any atom is -0.497 e. The van der Waals surface area contributed by atoms with Gasteiger partial charge in [0, 0.05) is 11.0 Å². The average Bonchev–Trinajstić information content (AvgIpc) is 2.82. The Balaban J connectivity index is 1.91. The zero-order chi connectivity index (χ0) is 27.2. The predicted molar refractivity (Wildman–Crippen MR) is 147 cm³/mol. The molecule has 0 atom stereocenters. The topological polar surface area (TPSA) is 55.8 Å². The van der Waals surface area contributed by atoms with E-state index in [-0.39, 0.29) is 17.7 Å². The Labute approximate surface area is 220 Å². The summed E-state index contributed by atoms with van der Waals surface area (Å²) >= 11 is 0. The molecule has 0 radical (unpaired) electrons. The molecule has 0 heterocycles. The Morgan fingerprint density at radius 1 is 0.946 bits per heavy atom. The van der Waals surface area contributed by atoms with Crippen LogP contribution in [0.1, 0.15) is 70.6 Å². The van der Waals surface area contributed by atoms with Crippen molar-refractivity contribution in [2.45, 2.75) is 72.3 Å². The number of hydrogen-bond acceptors (Lipinski definition) is 3. The van der Waals surface area contributed by atoms with Crippen molar-refractivity contribution in [2.24, 2.45) is 5.41 Å². The van der Waals surface area contributed by atoms with Crippen LogP contribution in [0, 0.1) is 11.2 Å². The summed E-state index contributed by atoms with van der Waals surface area (Å²) in [5, 5.41) is 9.26. The highest BCUT2D eigenvalue weighted by atomic mass is 19.1. The van der Waals surface area contributed by atoms with Gasteiger partial charge in [0.1, 0.15) is 23.9 Å². The number of halogens is 1. The predicted octanol–water partition coefficient (Wildman–Crippen LogP) is 8.20. The first-order valence-electron chi connectivity index (χ1n) is 12.8. The van der Waals surface area contributed by atoms with E-state index in [0.29, 0.717) is 23.7 Å². The smallest absolute Gasteiger partial charge is 0.304 e. The van der Waals surface area contributed by atoms with Gasteiger partial charge in [-0.15, -0.1) is 0 Å². The third-order valence-electron chi connectivity index (χ3n) is 6.84. The normalized spacial score (nSPS) is 11.9. The van der Waals surface area contributed by atoms with Crippen molar-refractivity contribution in [1.82, 2.24) is 0 Å². The standard InChI is InChI=1S/C32H39FO4/c1-7-15-31(2,3)19-23-16-22(11-13-27(23)28-18-25(36-6)12-14-29(28)33)21-37-26-10-8-9-24(17-26)32(4,5)20-30(34)35/h8-14,16-18H,7,15,19-21H2,1-6H3,(H,34,35). The molecule has 0 aliphatic rings. The number of benzene rings is 3. The van der Waals surface area contributed by atoms with Crippen LogP contribution in [-0.4, -0.2) is 18.2 Å². The summed E-state index contributed by atoms with van der Waals surface area (Å²) in [5.74, 6) is 0.197. The lowest BCUT2D eigenvalue weighted by Crippen LogP contribution is -2.21. The average molecular weight is 507 g/mol. The van der Waals surface area contributed by atoms with Crippen LogP contribution in [-0.2, 0) is 23.2 Å². The summed E-state index contributed by atoms with van der Waals surface area (Å²) in [6, 6.07) is 18.5. The van der Waals surface area contributed by atoms with Gasteiger partial charge in [-0.25, -0.2) is 4.39 Å². The first kappa shape index (κ1) is 28.2. The van der Waals surface area contributed by atoms with Crippen LogP contribution < -0.4 is 9.47 Å². The van der Waals surface area contributed by atoms with E-state index in [2.05, 4.69) is 26.8 Å². The van der Waals surface area contributed by atoms with Gasteiger partial charge < -0.3 is 14.6 Å². The van der Waals surface area contributed by atoms with Crippen molar-refractivity contribution in [3.05, 3.63) is 83.2 Å². The van der Waals surface area contributed by atoms with Gasteiger partial charge in [0.05, 0.1) is 13.5 Å². The van der Waals surface area contributed by atoms with E-state index in [9.17, 15) is 14.3 Å². The molecule has 4 nitrogen and oxygen atoms in total. The molecular formula is C32H39FO4. The molecule has 0 saturated carbocycles. The van der Waals surface area contributed by atoms with Crippen molar-refractivity contribution in [3.8, 4) is 22.6 Å². The van der Waals surface area contributed by atoms with Crippen molar-refractivity contribution in [3.63, 3.8) is 0 Å². The number of methoxy groups -OCH3 is 1. The Morgan fingerprint density at radius 3 is 2.38 bits per heavy atom. The fourth-order valence-corrected chi connectivity index (χ4v) is 4.92. The summed E-state index contributed by atoms with van der Waals surface area (Å²) in [6.45, 7) is 10.9. The van der Waals surface area contributed by atoms with Gasteiger partial charge in [-0.2, -0.15) is 0 Å². The molecule has 0 aromatic heterocycles. The zero-order valence-corrected chi connectivity index (χ0v) is 22.9. The summed E-state index contributed by atoms with van der Waals surface area (Å²) < 4.78 is 26.4. The van der Waals surface area contributed by atoms with Gasteiger partial charge in [0.2, 0.25) is 0 Å². The van der Waals surface area contributed by atoms with Crippen LogP contribution >= 0.6 is 0 Å². The Hall–Kier alpha value is -3.34.